The van der Waals surface area contributed by atoms with Gasteiger partial charge in [0.25, 0.3) is 0 Å². The number of hydrogen-bond donors (Lipinski definition) is 1. The van der Waals surface area contributed by atoms with Crippen molar-refractivity contribution in [2.75, 3.05) is 18.1 Å². The average Bonchev–Trinajstić information content (AvgIpc) is 2.79. The fourth-order valence-corrected chi connectivity index (χ4v) is 3.32. The molecule has 1 aromatic rings. The lowest BCUT2D eigenvalue weighted by molar-refractivity contribution is 0.0402. The Balaban J connectivity index is 1.70. The molecule has 0 unspecified atom stereocenters. The Hall–Kier alpha value is -0.990. The van der Waals surface area contributed by atoms with Gasteiger partial charge in [-0.1, -0.05) is 5.21 Å². The van der Waals surface area contributed by atoms with Gasteiger partial charge < -0.3 is 9.84 Å². The number of nitrogens with zero attached hydrogens (tertiary/aromatic N) is 3. The predicted octanol–water partition coefficient (Wildman–Crippen LogP) is -0.636. The minimum absolute atomic E-state index is 0.0226. The molecule has 0 radical (unpaired) electrons. The van der Waals surface area contributed by atoms with Crippen molar-refractivity contribution in [3.8, 4) is 0 Å². The zero-order valence-electron chi connectivity index (χ0n) is 10.0. The average molecular weight is 275 g/mol. The number of ether oxygens (including phenoxy) is 1. The summed E-state index contributed by atoms with van der Waals surface area (Å²) in [6.07, 6.45) is 2.83. The summed E-state index contributed by atoms with van der Waals surface area (Å²) >= 11 is 0. The van der Waals surface area contributed by atoms with Gasteiger partial charge in [0.2, 0.25) is 0 Å². The van der Waals surface area contributed by atoms with Crippen LogP contribution in [0, 0.1) is 0 Å². The summed E-state index contributed by atoms with van der Waals surface area (Å²) in [5.41, 5.74) is 0.527. The maximum atomic E-state index is 11.2. The molecule has 1 aliphatic rings. The van der Waals surface area contributed by atoms with Crippen LogP contribution in [0.4, 0.5) is 0 Å². The number of hydrogen-bond acceptors (Lipinski definition) is 6. The van der Waals surface area contributed by atoms with Crippen LogP contribution in [0.25, 0.3) is 0 Å². The van der Waals surface area contributed by atoms with Crippen LogP contribution >= 0.6 is 0 Å². The van der Waals surface area contributed by atoms with Crippen LogP contribution in [-0.2, 0) is 27.7 Å². The molecule has 8 heteroatoms. The molecule has 1 aliphatic heterocycles. The SMILES string of the molecule is O=S1(=O)CCC(OCCn2cc(CO)nn2)CC1. The zero-order valence-corrected chi connectivity index (χ0v) is 10.8. The third-order valence-corrected chi connectivity index (χ3v) is 4.64. The van der Waals surface area contributed by atoms with Crippen molar-refractivity contribution in [1.29, 1.82) is 0 Å². The van der Waals surface area contributed by atoms with Gasteiger partial charge >= 0.3 is 0 Å². The second-order valence-corrected chi connectivity index (χ2v) is 6.66. The first kappa shape index (κ1) is 13.4. The first-order valence-electron chi connectivity index (χ1n) is 5.91. The molecule has 1 fully saturated rings. The largest absolute Gasteiger partial charge is 0.390 e. The van der Waals surface area contributed by atoms with Gasteiger partial charge in [0.15, 0.2) is 9.84 Å². The quantitative estimate of drug-likeness (QED) is 0.768. The summed E-state index contributed by atoms with van der Waals surface area (Å²) in [6, 6.07) is 0. The Morgan fingerprint density at radius 1 is 1.44 bits per heavy atom. The van der Waals surface area contributed by atoms with Crippen molar-refractivity contribution in [3.63, 3.8) is 0 Å². The summed E-state index contributed by atoms with van der Waals surface area (Å²) in [4.78, 5) is 0. The molecule has 0 bridgehead atoms. The number of sulfone groups is 1. The minimum Gasteiger partial charge on any atom is -0.390 e. The van der Waals surface area contributed by atoms with Crippen LogP contribution in [0.2, 0.25) is 0 Å². The van der Waals surface area contributed by atoms with Crippen LogP contribution < -0.4 is 0 Å². The fraction of sp³-hybridized carbons (Fsp3) is 0.800. The lowest BCUT2D eigenvalue weighted by atomic mass is 10.2. The molecule has 0 atom stereocenters. The van der Waals surface area contributed by atoms with Gasteiger partial charge in [0.1, 0.15) is 5.69 Å². The first-order valence-corrected chi connectivity index (χ1v) is 7.73. The molecule has 0 aromatic carbocycles. The van der Waals surface area contributed by atoms with Gasteiger partial charge in [0, 0.05) is 0 Å². The van der Waals surface area contributed by atoms with Crippen LogP contribution in [0.1, 0.15) is 18.5 Å². The highest BCUT2D eigenvalue weighted by Crippen LogP contribution is 2.15. The smallest absolute Gasteiger partial charge is 0.150 e. The number of rotatable bonds is 5. The van der Waals surface area contributed by atoms with E-state index in [0.29, 0.717) is 31.7 Å². The maximum Gasteiger partial charge on any atom is 0.150 e. The van der Waals surface area contributed by atoms with Gasteiger partial charge in [-0.3, -0.25) is 0 Å². The summed E-state index contributed by atoms with van der Waals surface area (Å²) in [6.45, 7) is 0.899. The van der Waals surface area contributed by atoms with Crippen molar-refractivity contribution in [2.45, 2.75) is 32.1 Å². The van der Waals surface area contributed by atoms with Crippen molar-refractivity contribution >= 4 is 9.84 Å². The number of aromatic nitrogens is 3. The molecular formula is C10H17N3O4S. The van der Waals surface area contributed by atoms with Crippen molar-refractivity contribution in [1.82, 2.24) is 15.0 Å². The third kappa shape index (κ3) is 3.76. The molecular weight excluding hydrogens is 258 g/mol. The highest BCUT2D eigenvalue weighted by molar-refractivity contribution is 7.91. The van der Waals surface area contributed by atoms with Gasteiger partial charge in [-0.15, -0.1) is 5.10 Å². The highest BCUT2D eigenvalue weighted by atomic mass is 32.2. The summed E-state index contributed by atoms with van der Waals surface area (Å²) in [5, 5.41) is 16.4. The van der Waals surface area contributed by atoms with Crippen molar-refractivity contribution in [3.05, 3.63) is 11.9 Å². The van der Waals surface area contributed by atoms with E-state index in [9.17, 15) is 8.42 Å². The highest BCUT2D eigenvalue weighted by Gasteiger charge is 2.23. The Kier molecular flexibility index (Phi) is 4.31. The third-order valence-electron chi connectivity index (χ3n) is 2.92. The molecule has 1 N–H and O–H groups in total. The van der Waals surface area contributed by atoms with E-state index in [0.717, 1.165) is 0 Å². The van der Waals surface area contributed by atoms with E-state index in [2.05, 4.69) is 10.3 Å². The maximum absolute atomic E-state index is 11.2. The lowest BCUT2D eigenvalue weighted by Gasteiger charge is -2.22. The monoisotopic (exact) mass is 275 g/mol. The first-order chi connectivity index (χ1) is 8.59. The Bertz CT molecular complexity index is 471. The van der Waals surface area contributed by atoms with E-state index >= 15 is 0 Å². The minimum atomic E-state index is -2.83. The van der Waals surface area contributed by atoms with Gasteiger partial charge in [-0.2, -0.15) is 0 Å². The van der Waals surface area contributed by atoms with Crippen LogP contribution in [-0.4, -0.2) is 52.7 Å². The molecule has 0 spiro atoms. The molecule has 2 rings (SSSR count). The standard InChI is InChI=1S/C10H17N3O4S/c14-8-9-7-13(12-11-9)3-4-17-10-1-5-18(15,16)6-2-10/h7,10,14H,1-6,8H2. The van der Waals surface area contributed by atoms with Crippen molar-refractivity contribution in [2.24, 2.45) is 0 Å². The lowest BCUT2D eigenvalue weighted by Crippen LogP contribution is -2.29. The summed E-state index contributed by atoms with van der Waals surface area (Å²) < 4.78 is 29.7. The normalized spacial score (nSPS) is 20.1. The van der Waals surface area contributed by atoms with Crippen LogP contribution in [0.3, 0.4) is 0 Å². The van der Waals surface area contributed by atoms with Gasteiger partial charge in [0.05, 0.1) is 43.6 Å². The van der Waals surface area contributed by atoms with E-state index in [-0.39, 0.29) is 24.2 Å². The summed E-state index contributed by atoms with van der Waals surface area (Å²) in [5.74, 6) is 0.436. The molecule has 1 aromatic heterocycles. The Morgan fingerprint density at radius 3 is 2.78 bits per heavy atom. The van der Waals surface area contributed by atoms with E-state index in [1.807, 2.05) is 0 Å². The topological polar surface area (TPSA) is 94.3 Å². The van der Waals surface area contributed by atoms with Crippen molar-refractivity contribution < 1.29 is 18.3 Å². The van der Waals surface area contributed by atoms with Gasteiger partial charge in [-0.25, -0.2) is 13.1 Å². The number of aliphatic hydroxyl groups is 1. The molecule has 18 heavy (non-hydrogen) atoms. The Labute approximate surface area is 106 Å². The molecule has 0 saturated carbocycles. The molecule has 0 amide bonds. The Morgan fingerprint density at radius 2 is 2.17 bits per heavy atom. The molecule has 0 aliphatic carbocycles. The molecule has 102 valence electrons. The number of aliphatic hydroxyl groups excluding tert-OH is 1. The molecule has 2 heterocycles. The zero-order chi connectivity index (χ0) is 13.0. The second kappa shape index (κ2) is 5.77. The van der Waals surface area contributed by atoms with E-state index in [1.54, 1.807) is 10.9 Å². The second-order valence-electron chi connectivity index (χ2n) is 4.35. The molecule has 1 saturated heterocycles. The van der Waals surface area contributed by atoms with E-state index in [1.165, 1.54) is 0 Å². The van der Waals surface area contributed by atoms with Gasteiger partial charge in [-0.05, 0) is 12.8 Å². The molecule has 7 nitrogen and oxygen atoms in total. The van der Waals surface area contributed by atoms with E-state index < -0.39 is 9.84 Å². The van der Waals surface area contributed by atoms with E-state index in [4.69, 9.17) is 9.84 Å². The van der Waals surface area contributed by atoms with Crippen LogP contribution in [0.5, 0.6) is 0 Å². The van der Waals surface area contributed by atoms with Crippen LogP contribution in [0.15, 0.2) is 6.20 Å². The summed E-state index contributed by atoms with van der Waals surface area (Å²) in [7, 11) is -2.83. The fourth-order valence-electron chi connectivity index (χ4n) is 1.87. The predicted molar refractivity (Wildman–Crippen MR) is 63.6 cm³/mol.